The van der Waals surface area contributed by atoms with Crippen molar-refractivity contribution in [1.82, 2.24) is 14.9 Å². The lowest BCUT2D eigenvalue weighted by molar-refractivity contribution is 0.0717. The maximum Gasteiger partial charge on any atom is 0.265 e. The Morgan fingerprint density at radius 3 is 2.61 bits per heavy atom. The lowest BCUT2D eigenvalue weighted by Gasteiger charge is -2.31. The van der Waals surface area contributed by atoms with Gasteiger partial charge in [0, 0.05) is 35.8 Å². The Morgan fingerprint density at radius 2 is 1.85 bits per heavy atom. The molecule has 0 spiro atoms. The lowest BCUT2D eigenvalue weighted by Crippen LogP contribution is -2.37. The van der Waals surface area contributed by atoms with Gasteiger partial charge in [-0.2, -0.15) is 0 Å². The van der Waals surface area contributed by atoms with Crippen molar-refractivity contribution in [3.8, 4) is 22.1 Å². The Labute approximate surface area is 197 Å². The fourth-order valence-electron chi connectivity index (χ4n) is 4.66. The third-order valence-electron chi connectivity index (χ3n) is 6.46. The minimum absolute atomic E-state index is 0.0779. The van der Waals surface area contributed by atoms with Crippen molar-refractivity contribution in [2.45, 2.75) is 25.7 Å². The monoisotopic (exact) mass is 461 g/mol. The Bertz CT molecular complexity index is 1300. The van der Waals surface area contributed by atoms with Crippen LogP contribution in [0.15, 0.2) is 48.7 Å². The molecule has 0 atom stereocenters. The van der Waals surface area contributed by atoms with Crippen molar-refractivity contribution in [3.05, 3.63) is 64.8 Å². The molecular weight excluding hydrogens is 434 g/mol. The van der Waals surface area contributed by atoms with Crippen LogP contribution in [0.5, 0.6) is 11.5 Å². The molecule has 2 aromatic carbocycles. The quantitative estimate of drug-likeness (QED) is 0.418. The number of piperidine rings is 1. The highest BCUT2D eigenvalue weighted by Gasteiger charge is 2.28. The van der Waals surface area contributed by atoms with Gasteiger partial charge in [0.1, 0.15) is 9.88 Å². The molecule has 1 saturated heterocycles. The minimum atomic E-state index is 0.0779. The SMILES string of the molecule is COc1ccc(-c2nc(C)c(C(=O)N3CCC(c4c[nH]c5ccccc45)CC3)s2)cc1OC. The summed E-state index contributed by atoms with van der Waals surface area (Å²) >= 11 is 1.44. The number of benzene rings is 2. The van der Waals surface area contributed by atoms with Crippen LogP contribution in [0.25, 0.3) is 21.5 Å². The number of hydrogen-bond donors (Lipinski definition) is 1. The van der Waals surface area contributed by atoms with Crippen LogP contribution in [0.4, 0.5) is 0 Å². The zero-order valence-electron chi connectivity index (χ0n) is 19.1. The molecule has 2 aromatic heterocycles. The number of aromatic nitrogens is 2. The van der Waals surface area contributed by atoms with Crippen LogP contribution >= 0.6 is 11.3 Å². The molecule has 5 rings (SSSR count). The first kappa shape index (κ1) is 21.5. The van der Waals surface area contributed by atoms with Gasteiger partial charge in [0.2, 0.25) is 0 Å². The fourth-order valence-corrected chi connectivity index (χ4v) is 5.69. The number of fused-ring (bicyclic) bond motifs is 1. The Balaban J connectivity index is 1.31. The van der Waals surface area contributed by atoms with Gasteiger partial charge in [0.25, 0.3) is 5.91 Å². The van der Waals surface area contributed by atoms with Crippen molar-refractivity contribution in [3.63, 3.8) is 0 Å². The predicted molar refractivity (Wildman–Crippen MR) is 132 cm³/mol. The number of thiazole rings is 1. The number of aryl methyl sites for hydroxylation is 1. The van der Waals surface area contributed by atoms with E-state index in [1.807, 2.05) is 30.0 Å². The second kappa shape index (κ2) is 8.90. The van der Waals surface area contributed by atoms with E-state index in [0.29, 0.717) is 22.3 Å². The molecular formula is C26H27N3O3S. The van der Waals surface area contributed by atoms with Crippen LogP contribution in [0.2, 0.25) is 0 Å². The molecule has 1 fully saturated rings. The van der Waals surface area contributed by atoms with E-state index in [0.717, 1.165) is 42.2 Å². The first-order valence-corrected chi connectivity index (χ1v) is 12.0. The third kappa shape index (κ3) is 3.97. The normalized spacial score (nSPS) is 14.6. The van der Waals surface area contributed by atoms with Crippen molar-refractivity contribution in [1.29, 1.82) is 0 Å². The van der Waals surface area contributed by atoms with E-state index in [2.05, 4.69) is 40.4 Å². The van der Waals surface area contributed by atoms with E-state index < -0.39 is 0 Å². The summed E-state index contributed by atoms with van der Waals surface area (Å²) in [5.74, 6) is 1.86. The van der Waals surface area contributed by atoms with Gasteiger partial charge in [0.05, 0.1) is 19.9 Å². The highest BCUT2D eigenvalue weighted by atomic mass is 32.1. The molecule has 1 aliphatic heterocycles. The number of methoxy groups -OCH3 is 2. The molecule has 6 nitrogen and oxygen atoms in total. The Kier molecular flexibility index (Phi) is 5.81. The molecule has 0 bridgehead atoms. The first-order valence-electron chi connectivity index (χ1n) is 11.1. The number of para-hydroxylation sites is 1. The van der Waals surface area contributed by atoms with Gasteiger partial charge in [-0.15, -0.1) is 11.3 Å². The molecule has 0 radical (unpaired) electrons. The number of amides is 1. The topological polar surface area (TPSA) is 67.5 Å². The smallest absolute Gasteiger partial charge is 0.265 e. The number of likely N-dealkylation sites (tertiary alicyclic amines) is 1. The fraction of sp³-hybridized carbons (Fsp3) is 0.308. The zero-order valence-corrected chi connectivity index (χ0v) is 19.9. The number of carbonyl (C=O) groups excluding carboxylic acids is 1. The van der Waals surface area contributed by atoms with Crippen LogP contribution in [-0.4, -0.2) is 48.1 Å². The van der Waals surface area contributed by atoms with Gasteiger partial charge >= 0.3 is 0 Å². The number of ether oxygens (including phenoxy) is 2. The summed E-state index contributed by atoms with van der Waals surface area (Å²) in [6.07, 6.45) is 4.07. The van der Waals surface area contributed by atoms with Crippen LogP contribution in [0.3, 0.4) is 0 Å². The van der Waals surface area contributed by atoms with Crippen molar-refractivity contribution in [2.24, 2.45) is 0 Å². The van der Waals surface area contributed by atoms with Crippen LogP contribution in [0, 0.1) is 6.92 Å². The number of H-pyrrole nitrogens is 1. The van der Waals surface area contributed by atoms with Crippen molar-refractivity contribution >= 4 is 28.1 Å². The van der Waals surface area contributed by atoms with E-state index >= 15 is 0 Å². The summed E-state index contributed by atoms with van der Waals surface area (Å²) < 4.78 is 10.7. The van der Waals surface area contributed by atoms with E-state index in [9.17, 15) is 4.79 Å². The van der Waals surface area contributed by atoms with E-state index in [1.165, 1.54) is 27.8 Å². The van der Waals surface area contributed by atoms with Crippen LogP contribution in [-0.2, 0) is 0 Å². The third-order valence-corrected chi connectivity index (χ3v) is 7.66. The van der Waals surface area contributed by atoms with Crippen LogP contribution < -0.4 is 9.47 Å². The lowest BCUT2D eigenvalue weighted by atomic mass is 9.89. The van der Waals surface area contributed by atoms with Gasteiger partial charge in [-0.1, -0.05) is 18.2 Å². The summed E-state index contributed by atoms with van der Waals surface area (Å²) in [4.78, 5) is 24.1. The molecule has 4 aromatic rings. The van der Waals surface area contributed by atoms with E-state index in [1.54, 1.807) is 14.2 Å². The van der Waals surface area contributed by atoms with Crippen molar-refractivity contribution < 1.29 is 14.3 Å². The first-order chi connectivity index (χ1) is 16.1. The molecule has 170 valence electrons. The van der Waals surface area contributed by atoms with Gasteiger partial charge in [-0.3, -0.25) is 4.79 Å². The van der Waals surface area contributed by atoms with Gasteiger partial charge in [-0.25, -0.2) is 4.98 Å². The van der Waals surface area contributed by atoms with E-state index in [-0.39, 0.29) is 5.91 Å². The number of nitrogens with one attached hydrogen (secondary N) is 1. The zero-order chi connectivity index (χ0) is 22.9. The Hall–Kier alpha value is -3.32. The second-order valence-electron chi connectivity index (χ2n) is 8.36. The maximum absolute atomic E-state index is 13.3. The highest BCUT2D eigenvalue weighted by molar-refractivity contribution is 7.17. The molecule has 3 heterocycles. The summed E-state index contributed by atoms with van der Waals surface area (Å²) in [5, 5.41) is 2.10. The predicted octanol–water partition coefficient (Wildman–Crippen LogP) is 5.64. The minimum Gasteiger partial charge on any atom is -0.493 e. The molecule has 0 unspecified atom stereocenters. The number of hydrogen-bond acceptors (Lipinski definition) is 5. The Morgan fingerprint density at radius 1 is 1.09 bits per heavy atom. The number of aromatic amines is 1. The summed E-state index contributed by atoms with van der Waals surface area (Å²) in [6.45, 7) is 3.42. The van der Waals surface area contributed by atoms with Gasteiger partial charge in [-0.05, 0) is 55.5 Å². The number of carbonyl (C=O) groups is 1. The van der Waals surface area contributed by atoms with Crippen LogP contribution in [0.1, 0.15) is 39.7 Å². The molecule has 1 amide bonds. The molecule has 1 N–H and O–H groups in total. The molecule has 7 heteroatoms. The van der Waals surface area contributed by atoms with E-state index in [4.69, 9.17) is 9.47 Å². The average Bonchev–Trinajstić information content (AvgIpc) is 3.47. The molecule has 0 aliphatic carbocycles. The largest absolute Gasteiger partial charge is 0.493 e. The maximum atomic E-state index is 13.3. The van der Waals surface area contributed by atoms with Gasteiger partial charge < -0.3 is 19.4 Å². The molecule has 33 heavy (non-hydrogen) atoms. The van der Waals surface area contributed by atoms with Gasteiger partial charge in [0.15, 0.2) is 11.5 Å². The highest BCUT2D eigenvalue weighted by Crippen LogP contribution is 2.37. The summed E-state index contributed by atoms with van der Waals surface area (Å²) in [7, 11) is 3.23. The summed E-state index contributed by atoms with van der Waals surface area (Å²) in [6, 6.07) is 14.1. The summed E-state index contributed by atoms with van der Waals surface area (Å²) in [5.41, 5.74) is 4.22. The standard InChI is InChI=1S/C26H27N3O3S/c1-16-24(33-25(28-16)18-8-9-22(31-2)23(14-18)32-3)26(30)29-12-10-17(11-13-29)20-15-27-21-7-5-4-6-19(20)21/h4-9,14-15,17,27H,10-13H2,1-3H3. The molecule has 0 saturated carbocycles. The molecule has 1 aliphatic rings. The van der Waals surface area contributed by atoms with Crippen molar-refractivity contribution in [2.75, 3.05) is 27.3 Å². The second-order valence-corrected chi connectivity index (χ2v) is 9.36. The number of rotatable bonds is 5. The average molecular weight is 462 g/mol. The number of nitrogens with zero attached hydrogens (tertiary/aromatic N) is 2.